The van der Waals surface area contributed by atoms with E-state index >= 15 is 0 Å². The zero-order valence-corrected chi connectivity index (χ0v) is 31.7. The summed E-state index contributed by atoms with van der Waals surface area (Å²) in [7, 11) is 0. The van der Waals surface area contributed by atoms with Gasteiger partial charge in [-0.05, 0) is 53.9 Å². The quantitative estimate of drug-likeness (QED) is 0.141. The summed E-state index contributed by atoms with van der Waals surface area (Å²) in [6, 6.07) is 3.97. The first kappa shape index (κ1) is 38.9. The SMILES string of the molecule is C=CCNC(=O)C(=O)C(CCC)NC(=O)[C@@H]1[C@@H]2[C@H](CN1C(=O)[C@@H](NC(=O)N[C@H](Cn1cc3ccccc3c1O)C(C)(C)C)C1CCCCC1)C2(C)C. The van der Waals surface area contributed by atoms with Gasteiger partial charge in [0.05, 0.1) is 12.1 Å². The topological polar surface area (TPSA) is 162 Å². The predicted octanol–water partition coefficient (Wildman–Crippen LogP) is 4.65. The van der Waals surface area contributed by atoms with Gasteiger partial charge in [0.15, 0.2) is 5.88 Å². The van der Waals surface area contributed by atoms with Gasteiger partial charge in [0, 0.05) is 36.6 Å². The van der Waals surface area contributed by atoms with Crippen molar-refractivity contribution < 1.29 is 29.1 Å². The highest BCUT2D eigenvalue weighted by Gasteiger charge is 2.69. The van der Waals surface area contributed by atoms with Crippen LogP contribution in [0.25, 0.3) is 10.8 Å². The lowest BCUT2D eigenvalue weighted by atomic mass is 9.83. The van der Waals surface area contributed by atoms with Crippen LogP contribution in [0, 0.1) is 28.6 Å². The van der Waals surface area contributed by atoms with E-state index in [-0.39, 0.29) is 47.9 Å². The number of hydrogen-bond donors (Lipinski definition) is 5. The molecule has 2 aliphatic carbocycles. The molecule has 3 aliphatic rings. The number of fused-ring (bicyclic) bond motifs is 2. The Morgan fingerprint density at radius 2 is 1.73 bits per heavy atom. The number of likely N-dealkylation sites (tertiary alicyclic amines) is 1. The third-order valence-corrected chi connectivity index (χ3v) is 11.8. The predicted molar refractivity (Wildman–Crippen MR) is 200 cm³/mol. The highest BCUT2D eigenvalue weighted by molar-refractivity contribution is 6.38. The molecule has 12 heteroatoms. The number of hydrogen-bond acceptors (Lipinski definition) is 6. The van der Waals surface area contributed by atoms with Crippen molar-refractivity contribution in [3.05, 3.63) is 43.1 Å². The number of carbonyl (C=O) groups is 5. The average Bonchev–Trinajstić information content (AvgIpc) is 3.38. The van der Waals surface area contributed by atoms with Gasteiger partial charge in [0.25, 0.3) is 5.91 Å². The summed E-state index contributed by atoms with van der Waals surface area (Å²) in [6.07, 6.45) is 8.69. The zero-order valence-electron chi connectivity index (χ0n) is 31.7. The largest absolute Gasteiger partial charge is 0.494 e. The van der Waals surface area contributed by atoms with Crippen molar-refractivity contribution in [2.24, 2.45) is 28.6 Å². The number of Topliss-reactive ketones (excluding diaryl/α,β-unsaturated/α-hetero) is 1. The number of rotatable bonds is 14. The second-order valence-electron chi connectivity index (χ2n) is 16.7. The summed E-state index contributed by atoms with van der Waals surface area (Å²) in [5.74, 6) is -2.25. The Kier molecular flexibility index (Phi) is 11.7. The van der Waals surface area contributed by atoms with Crippen LogP contribution in [-0.2, 0) is 25.7 Å². The van der Waals surface area contributed by atoms with Crippen LogP contribution in [0.5, 0.6) is 5.88 Å². The molecule has 5 N–H and O–H groups in total. The fourth-order valence-electron chi connectivity index (χ4n) is 8.48. The van der Waals surface area contributed by atoms with Crippen molar-refractivity contribution >= 4 is 40.3 Å². The van der Waals surface area contributed by atoms with Crippen LogP contribution < -0.4 is 21.3 Å². The molecule has 284 valence electrons. The average molecular weight is 719 g/mol. The van der Waals surface area contributed by atoms with E-state index in [1.165, 1.54) is 6.08 Å². The molecule has 5 amide bonds. The molecule has 2 saturated carbocycles. The highest BCUT2D eigenvalue weighted by atomic mass is 16.3. The molecular formula is C40H58N6O6. The Balaban J connectivity index is 1.36. The summed E-state index contributed by atoms with van der Waals surface area (Å²) in [5.41, 5.74) is -0.574. The van der Waals surface area contributed by atoms with Crippen molar-refractivity contribution in [2.45, 2.75) is 117 Å². The molecular weight excluding hydrogens is 660 g/mol. The molecule has 1 aromatic heterocycles. The van der Waals surface area contributed by atoms with Crippen molar-refractivity contribution in [2.75, 3.05) is 13.1 Å². The Morgan fingerprint density at radius 3 is 2.37 bits per heavy atom. The molecule has 1 aliphatic heterocycles. The van der Waals surface area contributed by atoms with E-state index in [1.54, 1.807) is 9.47 Å². The molecule has 2 aromatic rings. The van der Waals surface area contributed by atoms with Crippen LogP contribution in [-0.4, -0.2) is 81.4 Å². The first-order valence-electron chi connectivity index (χ1n) is 19.0. The lowest BCUT2D eigenvalue weighted by molar-refractivity contribution is -0.144. The fraction of sp³-hybridized carbons (Fsp3) is 0.625. The summed E-state index contributed by atoms with van der Waals surface area (Å²) in [6.45, 7) is 16.5. The Morgan fingerprint density at radius 1 is 1.04 bits per heavy atom. The van der Waals surface area contributed by atoms with Gasteiger partial charge < -0.3 is 35.8 Å². The maximum Gasteiger partial charge on any atom is 0.315 e. The number of nitrogens with one attached hydrogen (secondary N) is 4. The van der Waals surface area contributed by atoms with Crippen molar-refractivity contribution in [3.8, 4) is 5.88 Å². The van der Waals surface area contributed by atoms with E-state index in [9.17, 15) is 29.1 Å². The van der Waals surface area contributed by atoms with Gasteiger partial charge in [-0.1, -0.05) is 91.5 Å². The van der Waals surface area contributed by atoms with E-state index in [0.29, 0.717) is 19.5 Å². The first-order valence-corrected chi connectivity index (χ1v) is 19.0. The summed E-state index contributed by atoms with van der Waals surface area (Å²) in [5, 5.41) is 24.1. The smallest absolute Gasteiger partial charge is 0.315 e. The molecule has 52 heavy (non-hydrogen) atoms. The number of carbonyl (C=O) groups excluding carboxylic acids is 5. The van der Waals surface area contributed by atoms with Gasteiger partial charge in [0.1, 0.15) is 12.1 Å². The molecule has 1 unspecified atom stereocenters. The first-order chi connectivity index (χ1) is 24.6. The van der Waals surface area contributed by atoms with Gasteiger partial charge in [-0.15, -0.1) is 6.58 Å². The number of aromatic nitrogens is 1. The minimum Gasteiger partial charge on any atom is -0.494 e. The minimum absolute atomic E-state index is 0.0966. The highest BCUT2D eigenvalue weighted by Crippen LogP contribution is 2.65. The zero-order chi connectivity index (χ0) is 38.0. The van der Waals surface area contributed by atoms with Gasteiger partial charge in [-0.2, -0.15) is 0 Å². The number of nitrogens with zero attached hydrogens (tertiary/aromatic N) is 2. The maximum atomic E-state index is 14.7. The Bertz CT molecular complexity index is 1670. The van der Waals surface area contributed by atoms with Crippen molar-refractivity contribution in [1.29, 1.82) is 0 Å². The number of ketones is 1. The maximum absolute atomic E-state index is 14.7. The van der Waals surface area contributed by atoms with Gasteiger partial charge >= 0.3 is 6.03 Å². The van der Waals surface area contributed by atoms with Crippen molar-refractivity contribution in [1.82, 2.24) is 30.7 Å². The molecule has 3 fully saturated rings. The van der Waals surface area contributed by atoms with Crippen LogP contribution in [0.4, 0.5) is 4.79 Å². The molecule has 0 bridgehead atoms. The number of benzene rings is 1. The molecule has 0 spiro atoms. The van der Waals surface area contributed by atoms with Crippen LogP contribution in [0.3, 0.4) is 0 Å². The van der Waals surface area contributed by atoms with E-state index in [2.05, 4.69) is 41.7 Å². The third kappa shape index (κ3) is 8.15. The standard InChI is InChI=1S/C40H58N6O6/c1-8-15-28(33(47)35(49)41-20-9-2)42-34(48)32-30-27(40(30,6)7)22-46(32)37(51)31(24-16-11-10-12-17-24)44-38(52)43-29(39(3,4)5)23-45-21-25-18-13-14-19-26(25)36(45)50/h9,13-14,18-19,21,24,27-32,50H,2,8,10-12,15-17,20,22-23H2,1,3-7H3,(H,41,49)(H,42,48)(H2,43,44,52)/t27-,28?,29+,30-,31-,32-/m0/s1. The molecule has 12 nitrogen and oxygen atoms in total. The van der Waals surface area contributed by atoms with Crippen LogP contribution in [0.1, 0.15) is 86.5 Å². The number of urea groups is 1. The second kappa shape index (κ2) is 15.7. The second-order valence-corrected chi connectivity index (χ2v) is 16.7. The number of amides is 5. The van der Waals surface area contributed by atoms with Crippen LogP contribution >= 0.6 is 0 Å². The number of piperidine rings is 1. The Labute approximate surface area is 307 Å². The van der Waals surface area contributed by atoms with Crippen molar-refractivity contribution in [3.63, 3.8) is 0 Å². The summed E-state index contributed by atoms with van der Waals surface area (Å²) >= 11 is 0. The summed E-state index contributed by atoms with van der Waals surface area (Å²) < 4.78 is 1.74. The molecule has 6 atom stereocenters. The number of aromatic hydroxyl groups is 1. The lowest BCUT2D eigenvalue weighted by Gasteiger charge is -2.38. The monoisotopic (exact) mass is 718 g/mol. The molecule has 1 aromatic carbocycles. The molecule has 5 rings (SSSR count). The Hall–Kier alpha value is -4.35. The normalized spacial score (nSPS) is 22.8. The van der Waals surface area contributed by atoms with Gasteiger partial charge in [-0.25, -0.2) is 4.79 Å². The minimum atomic E-state index is -1.02. The van der Waals surface area contributed by atoms with E-state index in [1.807, 2.05) is 58.2 Å². The molecule has 0 radical (unpaired) electrons. The van der Waals surface area contributed by atoms with Gasteiger partial charge in [-0.3, -0.25) is 19.2 Å². The van der Waals surface area contributed by atoms with Crippen LogP contribution in [0.15, 0.2) is 43.1 Å². The van der Waals surface area contributed by atoms with E-state index < -0.39 is 53.2 Å². The lowest BCUT2D eigenvalue weighted by Crippen LogP contribution is -2.61. The molecule has 1 saturated heterocycles. The summed E-state index contributed by atoms with van der Waals surface area (Å²) in [4.78, 5) is 70.0. The van der Waals surface area contributed by atoms with Crippen LogP contribution in [0.2, 0.25) is 0 Å². The third-order valence-electron chi connectivity index (χ3n) is 11.8. The van der Waals surface area contributed by atoms with E-state index in [4.69, 9.17) is 0 Å². The fourth-order valence-corrected chi connectivity index (χ4v) is 8.48. The van der Waals surface area contributed by atoms with Gasteiger partial charge in [0.2, 0.25) is 17.6 Å². The van der Waals surface area contributed by atoms with E-state index in [0.717, 1.165) is 42.9 Å². The molecule has 2 heterocycles.